The Labute approximate surface area is 249 Å². The maximum absolute atomic E-state index is 12.9. The molecular weight excluding hydrogens is 582 g/mol. The SMILES string of the molecule is O=C(c1ccc(Oc2ccccc2)cc1)c1ccc(C(=O)c2ccc(Oc3ccccc3)cc2)cc1.[Cl][Al]([Cl])[Cl]. The molecule has 0 saturated heterocycles. The molecule has 5 rings (SSSR count). The van der Waals surface area contributed by atoms with Gasteiger partial charge in [0.25, 0.3) is 0 Å². The highest BCUT2D eigenvalue weighted by Gasteiger charge is 2.13. The quantitative estimate of drug-likeness (QED) is 0.131. The average Bonchev–Trinajstić information content (AvgIpc) is 2.98. The molecule has 0 saturated carbocycles. The summed E-state index contributed by atoms with van der Waals surface area (Å²) in [6.07, 6.45) is 0. The molecule has 198 valence electrons. The molecule has 0 radical (unpaired) electrons. The summed E-state index contributed by atoms with van der Waals surface area (Å²) in [6.45, 7) is 0. The molecule has 0 aromatic heterocycles. The molecule has 0 aliphatic rings. The summed E-state index contributed by atoms with van der Waals surface area (Å²) >= 11 is -1.72. The predicted molar refractivity (Wildman–Crippen MR) is 163 cm³/mol. The minimum Gasteiger partial charge on any atom is -0.457 e. The number of ketones is 2. The van der Waals surface area contributed by atoms with Crippen molar-refractivity contribution in [1.29, 1.82) is 0 Å². The van der Waals surface area contributed by atoms with Crippen LogP contribution in [-0.4, -0.2) is 23.0 Å². The Bertz CT molecular complexity index is 1410. The van der Waals surface area contributed by atoms with Crippen molar-refractivity contribution in [3.8, 4) is 23.0 Å². The van der Waals surface area contributed by atoms with Gasteiger partial charge in [-0.25, -0.2) is 30.1 Å². The third kappa shape index (κ3) is 8.73. The largest absolute Gasteiger partial charge is 0.643 e. The van der Waals surface area contributed by atoms with Gasteiger partial charge in [-0.3, -0.25) is 9.59 Å². The molecule has 0 amide bonds. The van der Waals surface area contributed by atoms with E-state index in [0.717, 1.165) is 11.5 Å². The Hall–Kier alpha value is -3.56. The number of para-hydroxylation sites is 2. The molecule has 0 bridgehead atoms. The molecule has 5 aromatic carbocycles. The topological polar surface area (TPSA) is 52.6 Å². The Balaban J connectivity index is 0.000000867. The maximum Gasteiger partial charge on any atom is 0.643 e. The summed E-state index contributed by atoms with van der Waals surface area (Å²) in [6, 6.07) is 39.6. The van der Waals surface area contributed by atoms with Crippen LogP contribution in [0.25, 0.3) is 0 Å². The van der Waals surface area contributed by atoms with E-state index in [0.29, 0.717) is 33.8 Å². The lowest BCUT2D eigenvalue weighted by atomic mass is 9.98. The third-order valence-corrected chi connectivity index (χ3v) is 5.60. The average molecular weight is 604 g/mol. The zero-order valence-electron chi connectivity index (χ0n) is 21.0. The van der Waals surface area contributed by atoms with E-state index in [1.54, 1.807) is 72.8 Å². The normalized spacial score (nSPS) is 10.1. The summed E-state index contributed by atoms with van der Waals surface area (Å²) < 4.78 is 11.6. The van der Waals surface area contributed by atoms with Gasteiger partial charge < -0.3 is 9.47 Å². The highest BCUT2D eigenvalue weighted by Crippen LogP contribution is 2.24. The van der Waals surface area contributed by atoms with Gasteiger partial charge in [0.15, 0.2) is 11.6 Å². The molecule has 5 aromatic rings. The molecule has 4 nitrogen and oxygen atoms in total. The lowest BCUT2D eigenvalue weighted by Crippen LogP contribution is -2.04. The molecule has 0 aliphatic heterocycles. The second-order valence-electron chi connectivity index (χ2n) is 8.36. The van der Waals surface area contributed by atoms with Crippen molar-refractivity contribution in [2.75, 3.05) is 0 Å². The summed E-state index contributed by atoms with van der Waals surface area (Å²) in [5, 5.41) is 0. The van der Waals surface area contributed by atoms with E-state index in [9.17, 15) is 9.59 Å². The Morgan fingerprint density at radius 3 is 0.900 bits per heavy atom. The summed E-state index contributed by atoms with van der Waals surface area (Å²) in [5.74, 6) is 2.52. The van der Waals surface area contributed by atoms with Gasteiger partial charge in [-0.15, -0.1) is 0 Å². The van der Waals surface area contributed by atoms with Gasteiger partial charge in [0.1, 0.15) is 23.0 Å². The Kier molecular flexibility index (Phi) is 10.8. The van der Waals surface area contributed by atoms with Gasteiger partial charge in [-0.05, 0) is 72.8 Å². The van der Waals surface area contributed by atoms with E-state index < -0.39 is 11.4 Å². The predicted octanol–water partition coefficient (Wildman–Crippen LogP) is 9.42. The van der Waals surface area contributed by atoms with Crippen LogP contribution in [0.1, 0.15) is 31.8 Å². The van der Waals surface area contributed by atoms with Gasteiger partial charge in [0, 0.05) is 22.3 Å². The number of hydrogen-bond donors (Lipinski definition) is 0. The van der Waals surface area contributed by atoms with Crippen LogP contribution < -0.4 is 9.47 Å². The first-order valence-electron chi connectivity index (χ1n) is 12.2. The minimum absolute atomic E-state index is 0.123. The van der Waals surface area contributed by atoms with E-state index in [1.165, 1.54) is 0 Å². The van der Waals surface area contributed by atoms with Crippen molar-refractivity contribution in [3.63, 3.8) is 0 Å². The van der Waals surface area contributed by atoms with E-state index in [1.807, 2.05) is 60.7 Å². The molecule has 0 aliphatic carbocycles. The van der Waals surface area contributed by atoms with E-state index >= 15 is 0 Å². The van der Waals surface area contributed by atoms with Crippen LogP contribution in [0.5, 0.6) is 23.0 Å². The van der Waals surface area contributed by atoms with Crippen LogP contribution in [0.4, 0.5) is 0 Å². The Morgan fingerprint density at radius 2 is 0.625 bits per heavy atom. The molecule has 0 atom stereocenters. The smallest absolute Gasteiger partial charge is 0.457 e. The number of benzene rings is 5. The number of hydrogen-bond acceptors (Lipinski definition) is 4. The molecule has 40 heavy (non-hydrogen) atoms. The minimum atomic E-state index is -1.72. The van der Waals surface area contributed by atoms with Crippen LogP contribution in [-0.2, 0) is 0 Å². The fourth-order valence-corrected chi connectivity index (χ4v) is 3.70. The molecule has 0 fully saturated rings. The molecule has 0 heterocycles. The number of carbonyl (C=O) groups excluding carboxylic acids is 2. The van der Waals surface area contributed by atoms with Gasteiger partial charge in [0.2, 0.25) is 0 Å². The third-order valence-electron chi connectivity index (χ3n) is 5.60. The van der Waals surface area contributed by atoms with E-state index in [-0.39, 0.29) is 11.6 Å². The summed E-state index contributed by atoms with van der Waals surface area (Å²) in [4.78, 5) is 25.8. The van der Waals surface area contributed by atoms with E-state index in [4.69, 9.17) is 39.6 Å². The maximum atomic E-state index is 12.9. The first kappa shape index (κ1) is 29.4. The van der Waals surface area contributed by atoms with Gasteiger partial charge in [-0.1, -0.05) is 60.7 Å². The molecule has 0 unspecified atom stereocenters. The van der Waals surface area contributed by atoms with Crippen molar-refractivity contribution < 1.29 is 19.1 Å². The van der Waals surface area contributed by atoms with Crippen molar-refractivity contribution in [2.24, 2.45) is 0 Å². The lowest BCUT2D eigenvalue weighted by Gasteiger charge is -2.08. The summed E-state index contributed by atoms with van der Waals surface area (Å²) in [7, 11) is 14.8. The van der Waals surface area contributed by atoms with Crippen LogP contribution in [0.2, 0.25) is 0 Å². The van der Waals surface area contributed by atoms with Crippen molar-refractivity contribution in [3.05, 3.63) is 156 Å². The number of rotatable bonds is 8. The second kappa shape index (κ2) is 14.7. The van der Waals surface area contributed by atoms with Crippen LogP contribution in [0.15, 0.2) is 133 Å². The van der Waals surface area contributed by atoms with Crippen LogP contribution in [0.3, 0.4) is 0 Å². The monoisotopic (exact) mass is 602 g/mol. The summed E-state index contributed by atoms with van der Waals surface area (Å²) in [5.41, 5.74) is 2.11. The van der Waals surface area contributed by atoms with Crippen molar-refractivity contribution in [2.45, 2.75) is 0 Å². The number of carbonyl (C=O) groups is 2. The second-order valence-corrected chi connectivity index (χ2v) is 14.8. The van der Waals surface area contributed by atoms with Crippen molar-refractivity contribution >= 4 is 53.1 Å². The Morgan fingerprint density at radius 1 is 0.400 bits per heavy atom. The van der Waals surface area contributed by atoms with Gasteiger partial charge >= 0.3 is 11.4 Å². The molecule has 8 heteroatoms. The first-order valence-corrected chi connectivity index (χ1v) is 17.4. The standard InChI is InChI=1S/C32H22O4.Al.3ClH/c33-31(25-15-19-29(20-16-25)35-27-7-3-1-4-8-27)23-11-13-24(14-12-23)32(34)26-17-21-30(22-18-26)36-28-9-5-2-6-10-28;;;;/h1-22H;;3*1H/q;+3;;;/p-3. The number of halogens is 3. The van der Waals surface area contributed by atoms with Gasteiger partial charge in [-0.2, -0.15) is 0 Å². The van der Waals surface area contributed by atoms with Crippen molar-refractivity contribution in [1.82, 2.24) is 0 Å². The highest BCUT2D eigenvalue weighted by molar-refractivity contribution is 7.54. The zero-order chi connectivity index (χ0) is 28.3. The van der Waals surface area contributed by atoms with Crippen LogP contribution >= 0.6 is 30.1 Å². The highest BCUT2D eigenvalue weighted by atomic mass is 35.8. The van der Waals surface area contributed by atoms with E-state index in [2.05, 4.69) is 0 Å². The molecule has 0 N–H and O–H groups in total. The van der Waals surface area contributed by atoms with Gasteiger partial charge in [0.05, 0.1) is 0 Å². The zero-order valence-corrected chi connectivity index (χ0v) is 24.5. The molecular formula is C32H22AlCl3O4. The first-order chi connectivity index (χ1) is 19.4. The fraction of sp³-hybridized carbons (Fsp3) is 0. The number of ether oxygens (including phenoxy) is 2. The fourth-order valence-electron chi connectivity index (χ4n) is 3.70. The molecule has 0 spiro atoms. The van der Waals surface area contributed by atoms with Crippen LogP contribution in [0, 0.1) is 0 Å². The lowest BCUT2D eigenvalue weighted by molar-refractivity contribution is 0.102.